The third-order valence-electron chi connectivity index (χ3n) is 4.09. The van der Waals surface area contributed by atoms with E-state index in [4.69, 9.17) is 4.74 Å². The molecule has 0 aromatic heterocycles. The summed E-state index contributed by atoms with van der Waals surface area (Å²) in [4.78, 5) is 0. The molecule has 2 heteroatoms. The van der Waals surface area contributed by atoms with Gasteiger partial charge in [-0.3, -0.25) is 0 Å². The van der Waals surface area contributed by atoms with Crippen LogP contribution in [0, 0.1) is 19.8 Å². The van der Waals surface area contributed by atoms with E-state index in [9.17, 15) is 0 Å². The van der Waals surface area contributed by atoms with Gasteiger partial charge in [-0.1, -0.05) is 23.8 Å². The van der Waals surface area contributed by atoms with Crippen LogP contribution in [-0.4, -0.2) is 19.3 Å². The molecule has 2 nitrogen and oxygen atoms in total. The topological polar surface area (TPSA) is 21.3 Å². The van der Waals surface area contributed by atoms with Gasteiger partial charge in [-0.25, -0.2) is 0 Å². The summed E-state index contributed by atoms with van der Waals surface area (Å²) in [5, 5.41) is 3.67. The lowest BCUT2D eigenvalue weighted by Crippen LogP contribution is -2.36. The average molecular weight is 247 g/mol. The van der Waals surface area contributed by atoms with E-state index in [2.05, 4.69) is 44.3 Å². The fourth-order valence-corrected chi connectivity index (χ4v) is 2.70. The predicted octanol–water partition coefficient (Wildman–Crippen LogP) is 3.21. The molecule has 1 fully saturated rings. The van der Waals surface area contributed by atoms with E-state index in [1.165, 1.54) is 29.5 Å². The first kappa shape index (κ1) is 13.6. The molecule has 1 aromatic carbocycles. The molecule has 0 amide bonds. The van der Waals surface area contributed by atoms with Gasteiger partial charge < -0.3 is 10.1 Å². The van der Waals surface area contributed by atoms with Crippen molar-refractivity contribution in [3.05, 3.63) is 34.9 Å². The fraction of sp³-hybridized carbons (Fsp3) is 0.625. The van der Waals surface area contributed by atoms with Gasteiger partial charge in [0.2, 0.25) is 0 Å². The average Bonchev–Trinajstić information content (AvgIpc) is 2.38. The zero-order chi connectivity index (χ0) is 13.0. The molecule has 1 heterocycles. The number of hydrogen-bond acceptors (Lipinski definition) is 2. The molecule has 1 saturated heterocycles. The Balaban J connectivity index is 1.86. The van der Waals surface area contributed by atoms with Gasteiger partial charge in [-0.2, -0.15) is 0 Å². The number of rotatable bonds is 4. The number of nitrogens with one attached hydrogen (secondary N) is 1. The molecule has 1 aromatic rings. The lowest BCUT2D eigenvalue weighted by atomic mass is 9.92. The van der Waals surface area contributed by atoms with Crippen molar-refractivity contribution >= 4 is 0 Å². The smallest absolute Gasteiger partial charge is 0.0469 e. The summed E-state index contributed by atoms with van der Waals surface area (Å²) in [7, 11) is 0. The molecule has 1 atom stereocenters. The van der Waals surface area contributed by atoms with Crippen LogP contribution in [0.4, 0.5) is 0 Å². The summed E-state index contributed by atoms with van der Waals surface area (Å²) in [6, 6.07) is 7.28. The fourth-order valence-electron chi connectivity index (χ4n) is 2.70. The van der Waals surface area contributed by atoms with Gasteiger partial charge in [0.25, 0.3) is 0 Å². The Labute approximate surface area is 111 Å². The predicted molar refractivity (Wildman–Crippen MR) is 75.8 cm³/mol. The molecule has 1 N–H and O–H groups in total. The van der Waals surface area contributed by atoms with Crippen LogP contribution in [0.2, 0.25) is 0 Å². The quantitative estimate of drug-likeness (QED) is 0.882. The van der Waals surface area contributed by atoms with E-state index in [1.807, 2.05) is 0 Å². The Kier molecular flexibility index (Phi) is 4.79. The monoisotopic (exact) mass is 247 g/mol. The minimum Gasteiger partial charge on any atom is -0.381 e. The van der Waals surface area contributed by atoms with Crippen LogP contribution in [0.25, 0.3) is 0 Å². The Morgan fingerprint density at radius 3 is 2.67 bits per heavy atom. The van der Waals surface area contributed by atoms with Crippen molar-refractivity contribution in [2.75, 3.05) is 13.2 Å². The number of hydrogen-bond donors (Lipinski definition) is 1. The minimum absolute atomic E-state index is 0.578. The van der Waals surface area contributed by atoms with Crippen molar-refractivity contribution in [2.45, 2.75) is 46.2 Å². The van der Waals surface area contributed by atoms with Gasteiger partial charge in [0.15, 0.2) is 0 Å². The third-order valence-corrected chi connectivity index (χ3v) is 4.09. The molecular weight excluding hydrogens is 222 g/mol. The molecule has 0 saturated carbocycles. The van der Waals surface area contributed by atoms with E-state index in [1.54, 1.807) is 0 Å². The second-order valence-corrected chi connectivity index (χ2v) is 5.55. The molecule has 1 unspecified atom stereocenters. The zero-order valence-corrected chi connectivity index (χ0v) is 11.8. The van der Waals surface area contributed by atoms with E-state index in [0.29, 0.717) is 6.04 Å². The molecule has 18 heavy (non-hydrogen) atoms. The standard InChI is InChI=1S/C16H25NO/c1-12-4-5-16(13(2)10-12)11-17-14(3)15-6-8-18-9-7-15/h4-5,10,14-15,17H,6-9,11H2,1-3H3. The lowest BCUT2D eigenvalue weighted by Gasteiger charge is -2.28. The van der Waals surface area contributed by atoms with Crippen LogP contribution in [0.1, 0.15) is 36.5 Å². The number of ether oxygens (including phenoxy) is 1. The zero-order valence-electron chi connectivity index (χ0n) is 11.8. The van der Waals surface area contributed by atoms with Gasteiger partial charge in [-0.05, 0) is 50.7 Å². The molecule has 1 aliphatic rings. The molecule has 0 aliphatic carbocycles. The molecule has 2 rings (SSSR count). The van der Waals surface area contributed by atoms with Crippen LogP contribution < -0.4 is 5.32 Å². The van der Waals surface area contributed by atoms with Crippen LogP contribution in [0.3, 0.4) is 0 Å². The second kappa shape index (κ2) is 6.35. The second-order valence-electron chi connectivity index (χ2n) is 5.55. The highest BCUT2D eigenvalue weighted by Gasteiger charge is 2.19. The highest BCUT2D eigenvalue weighted by atomic mass is 16.5. The van der Waals surface area contributed by atoms with Gasteiger partial charge in [0, 0.05) is 25.8 Å². The highest BCUT2D eigenvalue weighted by molar-refractivity contribution is 5.30. The Bertz CT molecular complexity index is 383. The Hall–Kier alpha value is -0.860. The number of benzene rings is 1. The van der Waals surface area contributed by atoms with Gasteiger partial charge >= 0.3 is 0 Å². The maximum Gasteiger partial charge on any atom is 0.0469 e. The third kappa shape index (κ3) is 3.56. The first-order valence-corrected chi connectivity index (χ1v) is 7.04. The SMILES string of the molecule is Cc1ccc(CNC(C)C2CCOCC2)c(C)c1. The summed E-state index contributed by atoms with van der Waals surface area (Å²) in [5.74, 6) is 0.768. The molecule has 100 valence electrons. The largest absolute Gasteiger partial charge is 0.381 e. The van der Waals surface area contributed by atoms with Gasteiger partial charge in [0.1, 0.15) is 0 Å². The van der Waals surface area contributed by atoms with E-state index >= 15 is 0 Å². The maximum atomic E-state index is 5.42. The summed E-state index contributed by atoms with van der Waals surface area (Å²) >= 11 is 0. The van der Waals surface area contributed by atoms with Crippen molar-refractivity contribution in [1.29, 1.82) is 0 Å². The summed E-state index contributed by atoms with van der Waals surface area (Å²) in [6.45, 7) is 9.49. The highest BCUT2D eigenvalue weighted by Crippen LogP contribution is 2.19. The van der Waals surface area contributed by atoms with E-state index in [-0.39, 0.29) is 0 Å². The minimum atomic E-state index is 0.578. The lowest BCUT2D eigenvalue weighted by molar-refractivity contribution is 0.0558. The van der Waals surface area contributed by atoms with Crippen molar-refractivity contribution in [2.24, 2.45) is 5.92 Å². The molecule has 0 bridgehead atoms. The van der Waals surface area contributed by atoms with Crippen LogP contribution in [0.5, 0.6) is 0 Å². The van der Waals surface area contributed by atoms with E-state index < -0.39 is 0 Å². The van der Waals surface area contributed by atoms with Crippen LogP contribution in [0.15, 0.2) is 18.2 Å². The van der Waals surface area contributed by atoms with Crippen molar-refractivity contribution < 1.29 is 4.74 Å². The van der Waals surface area contributed by atoms with Gasteiger partial charge in [-0.15, -0.1) is 0 Å². The molecule has 1 aliphatic heterocycles. The van der Waals surface area contributed by atoms with Crippen LogP contribution in [-0.2, 0) is 11.3 Å². The first-order valence-electron chi connectivity index (χ1n) is 7.04. The number of aryl methyl sites for hydroxylation is 2. The van der Waals surface area contributed by atoms with Crippen molar-refractivity contribution in [3.8, 4) is 0 Å². The maximum absolute atomic E-state index is 5.42. The van der Waals surface area contributed by atoms with Crippen molar-refractivity contribution in [1.82, 2.24) is 5.32 Å². The normalized spacial score (nSPS) is 18.8. The summed E-state index contributed by atoms with van der Waals surface area (Å²) in [6.07, 6.45) is 2.39. The molecular formula is C16H25NO. The van der Waals surface area contributed by atoms with Crippen molar-refractivity contribution in [3.63, 3.8) is 0 Å². The van der Waals surface area contributed by atoms with E-state index in [0.717, 1.165) is 25.7 Å². The Morgan fingerprint density at radius 2 is 2.00 bits per heavy atom. The molecule has 0 spiro atoms. The van der Waals surface area contributed by atoms with Crippen LogP contribution >= 0.6 is 0 Å². The summed E-state index contributed by atoms with van der Waals surface area (Å²) < 4.78 is 5.42. The first-order chi connectivity index (χ1) is 8.66. The summed E-state index contributed by atoms with van der Waals surface area (Å²) in [5.41, 5.74) is 4.15. The molecule has 0 radical (unpaired) electrons. The Morgan fingerprint density at radius 1 is 1.28 bits per heavy atom. The van der Waals surface area contributed by atoms with Gasteiger partial charge in [0.05, 0.1) is 0 Å².